The number of aliphatic hydroxyl groups is 1. The predicted octanol–water partition coefficient (Wildman–Crippen LogP) is 3.11. The molecule has 2 heteroatoms. The Bertz CT molecular complexity index is 161. The number of aliphatic hydroxyl groups excluding tert-OH is 1. The summed E-state index contributed by atoms with van der Waals surface area (Å²) in [5.41, 5.74) is 0.958. The van der Waals surface area contributed by atoms with Gasteiger partial charge in [0.15, 0.2) is 0 Å². The highest BCUT2D eigenvalue weighted by Crippen LogP contribution is 2.28. The van der Waals surface area contributed by atoms with Crippen molar-refractivity contribution in [3.63, 3.8) is 0 Å². The summed E-state index contributed by atoms with van der Waals surface area (Å²) < 4.78 is 0. The van der Waals surface area contributed by atoms with E-state index in [2.05, 4.69) is 6.58 Å². The molecule has 1 N–H and O–H groups in total. The molecule has 0 aromatic heterocycles. The molecule has 0 aliphatic heterocycles. The zero-order valence-electron chi connectivity index (χ0n) is 8.14. The van der Waals surface area contributed by atoms with E-state index in [1.807, 2.05) is 0 Å². The monoisotopic (exact) mass is 202 g/mol. The molecule has 1 nitrogen and oxygen atoms in total. The molecular formula is C11H19ClO. The molecule has 76 valence electrons. The lowest BCUT2D eigenvalue weighted by molar-refractivity contribution is 0.0853. The minimum absolute atomic E-state index is 0.202. The SMILES string of the molecule is C=C(CCl)CC(O)C1CCCCC1. The Balaban J connectivity index is 2.28. The molecule has 0 radical (unpaired) electrons. The van der Waals surface area contributed by atoms with Gasteiger partial charge in [-0.25, -0.2) is 0 Å². The second-order valence-electron chi connectivity index (χ2n) is 4.05. The Morgan fingerprint density at radius 2 is 2.00 bits per heavy atom. The predicted molar refractivity (Wildman–Crippen MR) is 57.1 cm³/mol. The minimum atomic E-state index is -0.202. The molecule has 0 amide bonds. The van der Waals surface area contributed by atoms with Crippen LogP contribution in [-0.4, -0.2) is 17.1 Å². The molecule has 0 spiro atoms. The van der Waals surface area contributed by atoms with Gasteiger partial charge in [0.05, 0.1) is 6.10 Å². The zero-order chi connectivity index (χ0) is 9.68. The van der Waals surface area contributed by atoms with E-state index in [1.165, 1.54) is 32.1 Å². The Morgan fingerprint density at radius 1 is 1.38 bits per heavy atom. The minimum Gasteiger partial charge on any atom is -0.393 e. The average Bonchev–Trinajstić information content (AvgIpc) is 2.19. The highest BCUT2D eigenvalue weighted by molar-refractivity contribution is 6.19. The van der Waals surface area contributed by atoms with Crippen LogP contribution in [0.15, 0.2) is 12.2 Å². The first-order chi connectivity index (χ1) is 6.24. The maximum absolute atomic E-state index is 9.86. The summed E-state index contributed by atoms with van der Waals surface area (Å²) in [4.78, 5) is 0. The third-order valence-electron chi connectivity index (χ3n) is 2.88. The van der Waals surface area contributed by atoms with Crippen LogP contribution in [0, 0.1) is 5.92 Å². The molecule has 1 aliphatic carbocycles. The van der Waals surface area contributed by atoms with Crippen LogP contribution in [-0.2, 0) is 0 Å². The van der Waals surface area contributed by atoms with Crippen molar-refractivity contribution in [2.75, 3.05) is 5.88 Å². The lowest BCUT2D eigenvalue weighted by Crippen LogP contribution is -2.23. The summed E-state index contributed by atoms with van der Waals surface area (Å²) in [6.45, 7) is 3.82. The van der Waals surface area contributed by atoms with Gasteiger partial charge in [-0.1, -0.05) is 31.4 Å². The molecule has 1 saturated carbocycles. The topological polar surface area (TPSA) is 20.2 Å². The number of hydrogen-bond acceptors (Lipinski definition) is 1. The second kappa shape index (κ2) is 5.66. The smallest absolute Gasteiger partial charge is 0.0605 e. The third-order valence-corrected chi connectivity index (χ3v) is 3.26. The molecule has 0 saturated heterocycles. The number of alkyl halides is 1. The largest absolute Gasteiger partial charge is 0.393 e. The van der Waals surface area contributed by atoms with E-state index >= 15 is 0 Å². The summed E-state index contributed by atoms with van der Waals surface area (Å²) in [6, 6.07) is 0. The average molecular weight is 203 g/mol. The molecule has 0 bridgehead atoms. The molecule has 1 unspecified atom stereocenters. The van der Waals surface area contributed by atoms with E-state index in [1.54, 1.807) is 0 Å². The number of hydrogen-bond donors (Lipinski definition) is 1. The van der Waals surface area contributed by atoms with Gasteiger partial charge in [0.1, 0.15) is 0 Å². The molecule has 0 aromatic carbocycles. The van der Waals surface area contributed by atoms with Gasteiger partial charge in [0.25, 0.3) is 0 Å². The van der Waals surface area contributed by atoms with Crippen molar-refractivity contribution >= 4 is 11.6 Å². The van der Waals surface area contributed by atoms with E-state index in [0.29, 0.717) is 18.2 Å². The summed E-state index contributed by atoms with van der Waals surface area (Å²) >= 11 is 5.62. The Kier molecular flexibility index (Phi) is 4.82. The summed E-state index contributed by atoms with van der Waals surface area (Å²) in [5, 5.41) is 9.86. The highest BCUT2D eigenvalue weighted by Gasteiger charge is 2.21. The Hall–Kier alpha value is -0.0100. The number of rotatable bonds is 4. The maximum atomic E-state index is 9.86. The van der Waals surface area contributed by atoms with Crippen molar-refractivity contribution in [3.8, 4) is 0 Å². The van der Waals surface area contributed by atoms with Gasteiger partial charge in [-0.05, 0) is 25.2 Å². The van der Waals surface area contributed by atoms with Crippen LogP contribution in [0.5, 0.6) is 0 Å². The fourth-order valence-corrected chi connectivity index (χ4v) is 2.15. The van der Waals surface area contributed by atoms with Crippen molar-refractivity contribution in [1.29, 1.82) is 0 Å². The highest BCUT2D eigenvalue weighted by atomic mass is 35.5. The van der Waals surface area contributed by atoms with Crippen LogP contribution < -0.4 is 0 Å². The Morgan fingerprint density at radius 3 is 2.54 bits per heavy atom. The molecule has 1 atom stereocenters. The van der Waals surface area contributed by atoms with E-state index in [9.17, 15) is 5.11 Å². The fourth-order valence-electron chi connectivity index (χ4n) is 2.04. The second-order valence-corrected chi connectivity index (χ2v) is 4.32. The van der Waals surface area contributed by atoms with Crippen LogP contribution in [0.4, 0.5) is 0 Å². The van der Waals surface area contributed by atoms with Gasteiger partial charge >= 0.3 is 0 Å². The molecule has 1 rings (SSSR count). The first-order valence-electron chi connectivity index (χ1n) is 5.14. The summed E-state index contributed by atoms with van der Waals surface area (Å²) in [6.07, 6.45) is 6.72. The maximum Gasteiger partial charge on any atom is 0.0605 e. The van der Waals surface area contributed by atoms with Crippen LogP contribution in [0.3, 0.4) is 0 Å². The van der Waals surface area contributed by atoms with Gasteiger partial charge in [-0.15, -0.1) is 11.6 Å². The van der Waals surface area contributed by atoms with Crippen molar-refractivity contribution in [2.45, 2.75) is 44.6 Å². The molecule has 1 aliphatic rings. The van der Waals surface area contributed by atoms with Gasteiger partial charge < -0.3 is 5.11 Å². The van der Waals surface area contributed by atoms with Crippen molar-refractivity contribution < 1.29 is 5.11 Å². The van der Waals surface area contributed by atoms with Gasteiger partial charge in [-0.3, -0.25) is 0 Å². The van der Waals surface area contributed by atoms with Crippen LogP contribution >= 0.6 is 11.6 Å². The summed E-state index contributed by atoms with van der Waals surface area (Å²) in [5.74, 6) is 0.970. The van der Waals surface area contributed by atoms with Gasteiger partial charge in [0.2, 0.25) is 0 Å². The quantitative estimate of drug-likeness (QED) is 0.549. The van der Waals surface area contributed by atoms with E-state index in [0.717, 1.165) is 5.57 Å². The lowest BCUT2D eigenvalue weighted by Gasteiger charge is -2.26. The molecule has 1 fully saturated rings. The van der Waals surface area contributed by atoms with Gasteiger partial charge in [-0.2, -0.15) is 0 Å². The van der Waals surface area contributed by atoms with Crippen molar-refractivity contribution in [3.05, 3.63) is 12.2 Å². The normalized spacial score (nSPS) is 21.4. The van der Waals surface area contributed by atoms with Crippen LogP contribution in [0.1, 0.15) is 38.5 Å². The van der Waals surface area contributed by atoms with Gasteiger partial charge in [0, 0.05) is 5.88 Å². The summed E-state index contributed by atoms with van der Waals surface area (Å²) in [7, 11) is 0. The van der Waals surface area contributed by atoms with E-state index < -0.39 is 0 Å². The van der Waals surface area contributed by atoms with E-state index in [4.69, 9.17) is 11.6 Å². The molecule has 13 heavy (non-hydrogen) atoms. The standard InChI is InChI=1S/C11H19ClO/c1-9(8-12)7-11(13)10-5-3-2-4-6-10/h10-11,13H,1-8H2. The Labute approximate surface area is 85.8 Å². The zero-order valence-corrected chi connectivity index (χ0v) is 8.89. The third kappa shape index (κ3) is 3.70. The molecule has 0 heterocycles. The molecule has 0 aromatic rings. The lowest BCUT2D eigenvalue weighted by atomic mass is 9.83. The first-order valence-corrected chi connectivity index (χ1v) is 5.68. The fraction of sp³-hybridized carbons (Fsp3) is 0.818. The van der Waals surface area contributed by atoms with E-state index in [-0.39, 0.29) is 6.10 Å². The van der Waals surface area contributed by atoms with Crippen LogP contribution in [0.25, 0.3) is 0 Å². The first kappa shape index (κ1) is 11.1. The van der Waals surface area contributed by atoms with Crippen molar-refractivity contribution in [1.82, 2.24) is 0 Å². The van der Waals surface area contributed by atoms with Crippen LogP contribution in [0.2, 0.25) is 0 Å². The number of halogens is 1. The molecular weight excluding hydrogens is 184 g/mol. The van der Waals surface area contributed by atoms with Crippen molar-refractivity contribution in [2.24, 2.45) is 5.92 Å².